The number of carbonyl (C=O) groups is 1. The van der Waals surface area contributed by atoms with Crippen molar-refractivity contribution in [1.82, 2.24) is 5.48 Å². The highest BCUT2D eigenvalue weighted by Crippen LogP contribution is 2.27. The normalized spacial score (nSPS) is 22.2. The quantitative estimate of drug-likeness (QED) is 0.732. The zero-order valence-corrected chi connectivity index (χ0v) is 11.5. The van der Waals surface area contributed by atoms with Gasteiger partial charge in [-0.2, -0.15) is 0 Å². The van der Waals surface area contributed by atoms with Crippen molar-refractivity contribution in [3.05, 3.63) is 0 Å². The number of hydrogen-bond acceptors (Lipinski definition) is 2. The molecule has 0 atom stereocenters. The molecule has 2 saturated carbocycles. The second-order valence-corrected chi connectivity index (χ2v) is 5.95. The number of carbonyl (C=O) groups excluding carboxylic acids is 1. The molecule has 2 fully saturated rings. The Labute approximate surface area is 111 Å². The largest absolute Gasteiger partial charge is 0.273 e. The first-order valence-corrected chi connectivity index (χ1v) is 7.79. The molecule has 0 aromatic rings. The summed E-state index contributed by atoms with van der Waals surface area (Å²) in [4.78, 5) is 17.0. The van der Waals surface area contributed by atoms with Crippen molar-refractivity contribution in [1.29, 1.82) is 0 Å². The predicted molar refractivity (Wildman–Crippen MR) is 71.9 cm³/mol. The summed E-state index contributed by atoms with van der Waals surface area (Å²) in [7, 11) is 0. The molecule has 3 heteroatoms. The second kappa shape index (κ2) is 7.78. The minimum Gasteiger partial charge on any atom is -0.273 e. The molecule has 18 heavy (non-hydrogen) atoms. The molecule has 0 aromatic heterocycles. The second-order valence-electron chi connectivity index (χ2n) is 5.95. The van der Waals surface area contributed by atoms with E-state index >= 15 is 0 Å². The van der Waals surface area contributed by atoms with E-state index in [0.717, 1.165) is 25.2 Å². The van der Waals surface area contributed by atoms with Crippen LogP contribution < -0.4 is 5.48 Å². The van der Waals surface area contributed by atoms with Crippen LogP contribution >= 0.6 is 0 Å². The van der Waals surface area contributed by atoms with Gasteiger partial charge in [0.15, 0.2) is 0 Å². The molecule has 0 unspecified atom stereocenters. The first-order valence-electron chi connectivity index (χ1n) is 7.79. The average molecular weight is 253 g/mol. The Balaban J connectivity index is 1.48. The lowest BCUT2D eigenvalue weighted by atomic mass is 9.86. The lowest BCUT2D eigenvalue weighted by Gasteiger charge is -2.21. The van der Waals surface area contributed by atoms with Gasteiger partial charge in [0.25, 0.3) is 0 Å². The van der Waals surface area contributed by atoms with Crippen molar-refractivity contribution in [3.8, 4) is 0 Å². The van der Waals surface area contributed by atoms with Crippen molar-refractivity contribution in [2.45, 2.75) is 83.2 Å². The number of amides is 1. The summed E-state index contributed by atoms with van der Waals surface area (Å²) >= 11 is 0. The van der Waals surface area contributed by atoms with E-state index < -0.39 is 0 Å². The molecular formula is C15H27NO2. The van der Waals surface area contributed by atoms with Crippen LogP contribution in [0.15, 0.2) is 0 Å². The van der Waals surface area contributed by atoms with Gasteiger partial charge in [0, 0.05) is 6.42 Å². The van der Waals surface area contributed by atoms with Gasteiger partial charge in [-0.15, -0.1) is 0 Å². The van der Waals surface area contributed by atoms with Crippen molar-refractivity contribution >= 4 is 5.91 Å². The molecule has 2 aliphatic rings. The van der Waals surface area contributed by atoms with Crippen LogP contribution in [0.25, 0.3) is 0 Å². The summed E-state index contributed by atoms with van der Waals surface area (Å²) in [6.07, 6.45) is 14.8. The van der Waals surface area contributed by atoms with Crippen LogP contribution in [0.4, 0.5) is 0 Å². The van der Waals surface area contributed by atoms with E-state index in [1.165, 1.54) is 51.4 Å². The Morgan fingerprint density at radius 3 is 2.39 bits per heavy atom. The van der Waals surface area contributed by atoms with Crippen LogP contribution in [0.3, 0.4) is 0 Å². The smallest absolute Gasteiger partial charge is 0.243 e. The van der Waals surface area contributed by atoms with Gasteiger partial charge in [0.1, 0.15) is 0 Å². The van der Waals surface area contributed by atoms with Crippen LogP contribution in [-0.2, 0) is 9.63 Å². The van der Waals surface area contributed by atoms with Crippen molar-refractivity contribution in [2.24, 2.45) is 5.92 Å². The molecule has 2 rings (SSSR count). The van der Waals surface area contributed by atoms with E-state index in [-0.39, 0.29) is 12.0 Å². The van der Waals surface area contributed by atoms with Gasteiger partial charge in [-0.05, 0) is 31.6 Å². The van der Waals surface area contributed by atoms with Gasteiger partial charge in [0.05, 0.1) is 6.10 Å². The Bertz CT molecular complexity index is 243. The Hall–Kier alpha value is -0.570. The summed E-state index contributed by atoms with van der Waals surface area (Å²) in [5.41, 5.74) is 2.62. The van der Waals surface area contributed by atoms with Crippen LogP contribution in [0.5, 0.6) is 0 Å². The molecule has 0 bridgehead atoms. The molecule has 0 aromatic carbocycles. The number of hydroxylamine groups is 1. The van der Waals surface area contributed by atoms with Gasteiger partial charge in [-0.1, -0.05) is 44.9 Å². The third kappa shape index (κ3) is 4.97. The zero-order chi connectivity index (χ0) is 12.6. The molecule has 0 heterocycles. The van der Waals surface area contributed by atoms with E-state index in [9.17, 15) is 4.79 Å². The number of nitrogens with one attached hydrogen (secondary N) is 1. The van der Waals surface area contributed by atoms with Gasteiger partial charge in [0.2, 0.25) is 5.91 Å². The standard InChI is InChI=1S/C15H27NO2/c17-15(16-18-14-10-4-5-11-14)12-6-9-13-7-2-1-3-8-13/h13-14H,1-12H2,(H,16,17). The molecule has 0 saturated heterocycles. The lowest BCUT2D eigenvalue weighted by Crippen LogP contribution is -2.28. The summed E-state index contributed by atoms with van der Waals surface area (Å²) < 4.78 is 0. The molecule has 1 amide bonds. The summed E-state index contributed by atoms with van der Waals surface area (Å²) in [5.74, 6) is 0.944. The molecule has 3 nitrogen and oxygen atoms in total. The van der Waals surface area contributed by atoms with Crippen molar-refractivity contribution in [3.63, 3.8) is 0 Å². The van der Waals surface area contributed by atoms with E-state index in [1.54, 1.807) is 0 Å². The molecule has 104 valence electrons. The molecule has 0 spiro atoms. The minimum atomic E-state index is 0.0673. The lowest BCUT2D eigenvalue weighted by molar-refractivity contribution is -0.138. The maximum Gasteiger partial charge on any atom is 0.243 e. The van der Waals surface area contributed by atoms with Crippen LogP contribution in [0.1, 0.15) is 77.0 Å². The van der Waals surface area contributed by atoms with Crippen LogP contribution in [0, 0.1) is 5.92 Å². The van der Waals surface area contributed by atoms with Gasteiger partial charge in [-0.3, -0.25) is 9.63 Å². The molecule has 1 N–H and O–H groups in total. The van der Waals surface area contributed by atoms with E-state index in [4.69, 9.17) is 4.84 Å². The average Bonchev–Trinajstić information content (AvgIpc) is 2.91. The molecule has 2 aliphatic carbocycles. The molecular weight excluding hydrogens is 226 g/mol. The Morgan fingerprint density at radius 2 is 1.67 bits per heavy atom. The number of rotatable bonds is 6. The third-order valence-corrected chi connectivity index (χ3v) is 4.38. The molecule has 0 radical (unpaired) electrons. The zero-order valence-electron chi connectivity index (χ0n) is 11.5. The maximum atomic E-state index is 11.6. The highest BCUT2D eigenvalue weighted by Gasteiger charge is 2.17. The third-order valence-electron chi connectivity index (χ3n) is 4.38. The molecule has 0 aliphatic heterocycles. The summed E-state index contributed by atoms with van der Waals surface area (Å²) in [5, 5.41) is 0. The predicted octanol–water partition coefficient (Wildman–Crippen LogP) is 3.73. The first kappa shape index (κ1) is 13.9. The van der Waals surface area contributed by atoms with Crippen molar-refractivity contribution in [2.75, 3.05) is 0 Å². The topological polar surface area (TPSA) is 38.3 Å². The summed E-state index contributed by atoms with van der Waals surface area (Å²) in [6.45, 7) is 0. The van der Waals surface area contributed by atoms with Gasteiger partial charge in [-0.25, -0.2) is 5.48 Å². The van der Waals surface area contributed by atoms with Gasteiger partial charge >= 0.3 is 0 Å². The minimum absolute atomic E-state index is 0.0673. The van der Waals surface area contributed by atoms with Crippen LogP contribution in [0.2, 0.25) is 0 Å². The Morgan fingerprint density at radius 1 is 1.00 bits per heavy atom. The summed E-state index contributed by atoms with van der Waals surface area (Å²) in [6, 6.07) is 0. The SMILES string of the molecule is O=C(CCCC1CCCCC1)NOC1CCCC1. The van der Waals surface area contributed by atoms with Gasteiger partial charge < -0.3 is 0 Å². The van der Waals surface area contributed by atoms with E-state index in [0.29, 0.717) is 6.42 Å². The number of hydrogen-bond donors (Lipinski definition) is 1. The highest BCUT2D eigenvalue weighted by molar-refractivity contribution is 5.74. The first-order chi connectivity index (χ1) is 8.84. The van der Waals surface area contributed by atoms with E-state index in [1.807, 2.05) is 0 Å². The fourth-order valence-corrected chi connectivity index (χ4v) is 3.23. The van der Waals surface area contributed by atoms with Crippen molar-refractivity contribution < 1.29 is 9.63 Å². The monoisotopic (exact) mass is 253 g/mol. The Kier molecular flexibility index (Phi) is 5.98. The highest BCUT2D eigenvalue weighted by atomic mass is 16.7. The van der Waals surface area contributed by atoms with E-state index in [2.05, 4.69) is 5.48 Å². The fraction of sp³-hybridized carbons (Fsp3) is 0.933. The fourth-order valence-electron chi connectivity index (χ4n) is 3.23. The van der Waals surface area contributed by atoms with Crippen LogP contribution in [-0.4, -0.2) is 12.0 Å². The maximum absolute atomic E-state index is 11.6.